The van der Waals surface area contributed by atoms with Gasteiger partial charge in [0, 0.05) is 60.2 Å². The molecule has 1 heterocycles. The van der Waals surface area contributed by atoms with E-state index in [9.17, 15) is 0 Å². The van der Waals surface area contributed by atoms with Crippen LogP contribution in [0.2, 0.25) is 0 Å². The molecule has 1 aliphatic heterocycles. The molecule has 0 aromatic rings. The minimum absolute atomic E-state index is 0.366. The molecule has 0 atom stereocenters. The van der Waals surface area contributed by atoms with E-state index in [2.05, 4.69) is 17.1 Å². The summed E-state index contributed by atoms with van der Waals surface area (Å²) in [5.41, 5.74) is 0. The molecular formula is C18H37N3O4. The minimum Gasteiger partial charge on any atom is -0.385 e. The van der Waals surface area contributed by atoms with Crippen LogP contribution in [0.3, 0.4) is 0 Å². The topological polar surface area (TPSA) is 64.6 Å². The Balaban J connectivity index is 2.23. The molecule has 148 valence electrons. The SMILES string of the molecule is CCNC(=NCCCOCCOC)N1CCC(OCCCOC)CC1. The maximum atomic E-state index is 5.92. The lowest BCUT2D eigenvalue weighted by Crippen LogP contribution is -2.47. The fraction of sp³-hybridized carbons (Fsp3) is 0.944. The van der Waals surface area contributed by atoms with Gasteiger partial charge in [-0.3, -0.25) is 4.99 Å². The quantitative estimate of drug-likeness (QED) is 0.306. The van der Waals surface area contributed by atoms with Gasteiger partial charge in [0.1, 0.15) is 0 Å². The number of piperidine rings is 1. The van der Waals surface area contributed by atoms with Gasteiger partial charge in [-0.05, 0) is 32.6 Å². The average molecular weight is 360 g/mol. The van der Waals surface area contributed by atoms with Gasteiger partial charge < -0.3 is 29.2 Å². The molecule has 0 saturated carbocycles. The van der Waals surface area contributed by atoms with Crippen molar-refractivity contribution in [2.75, 3.05) is 73.4 Å². The molecule has 0 aliphatic carbocycles. The Hall–Kier alpha value is -0.890. The molecule has 1 fully saturated rings. The van der Waals surface area contributed by atoms with Gasteiger partial charge in [0.05, 0.1) is 19.3 Å². The molecule has 0 aromatic carbocycles. The van der Waals surface area contributed by atoms with Crippen molar-refractivity contribution < 1.29 is 18.9 Å². The summed E-state index contributed by atoms with van der Waals surface area (Å²) in [6.45, 7) is 9.34. The van der Waals surface area contributed by atoms with Crippen LogP contribution in [0.25, 0.3) is 0 Å². The Kier molecular flexibility index (Phi) is 13.6. The van der Waals surface area contributed by atoms with E-state index in [4.69, 9.17) is 23.9 Å². The van der Waals surface area contributed by atoms with Crippen molar-refractivity contribution in [3.05, 3.63) is 0 Å². The molecule has 7 nitrogen and oxygen atoms in total. The molecule has 1 saturated heterocycles. The van der Waals surface area contributed by atoms with Gasteiger partial charge in [0.2, 0.25) is 0 Å². The predicted octanol–water partition coefficient (Wildman–Crippen LogP) is 1.52. The summed E-state index contributed by atoms with van der Waals surface area (Å²) in [6, 6.07) is 0. The van der Waals surface area contributed by atoms with Crippen LogP contribution in [0.15, 0.2) is 4.99 Å². The number of aliphatic imine (C=N–C) groups is 1. The van der Waals surface area contributed by atoms with E-state index in [0.717, 1.165) is 77.6 Å². The standard InChI is InChI=1S/C18H37N3O4/c1-4-19-18(20-9-5-13-24-16-15-23-3)21-10-7-17(8-11-21)25-14-6-12-22-2/h17H,4-16H2,1-3H3,(H,19,20). The van der Waals surface area contributed by atoms with Crippen LogP contribution in [0.5, 0.6) is 0 Å². The van der Waals surface area contributed by atoms with Gasteiger partial charge >= 0.3 is 0 Å². The second kappa shape index (κ2) is 15.4. The molecule has 0 amide bonds. The number of hydrogen-bond donors (Lipinski definition) is 1. The Morgan fingerprint density at radius 2 is 1.76 bits per heavy atom. The van der Waals surface area contributed by atoms with Crippen molar-refractivity contribution in [2.24, 2.45) is 4.99 Å². The first kappa shape index (κ1) is 22.2. The third-order valence-electron chi connectivity index (χ3n) is 4.06. The highest BCUT2D eigenvalue weighted by Crippen LogP contribution is 2.14. The third kappa shape index (κ3) is 10.6. The van der Waals surface area contributed by atoms with E-state index in [1.54, 1.807) is 14.2 Å². The van der Waals surface area contributed by atoms with Crippen molar-refractivity contribution in [3.8, 4) is 0 Å². The Bertz CT molecular complexity index is 334. The van der Waals surface area contributed by atoms with E-state index < -0.39 is 0 Å². The van der Waals surface area contributed by atoms with Gasteiger partial charge in [-0.2, -0.15) is 0 Å². The summed E-state index contributed by atoms with van der Waals surface area (Å²) in [6.07, 6.45) is 4.37. The van der Waals surface area contributed by atoms with Crippen molar-refractivity contribution in [1.29, 1.82) is 0 Å². The molecule has 0 unspecified atom stereocenters. The summed E-state index contributed by atoms with van der Waals surface area (Å²) < 4.78 is 21.4. The van der Waals surface area contributed by atoms with Crippen LogP contribution in [-0.4, -0.2) is 90.4 Å². The maximum absolute atomic E-state index is 5.92. The van der Waals surface area contributed by atoms with Crippen LogP contribution >= 0.6 is 0 Å². The zero-order chi connectivity index (χ0) is 18.2. The highest BCUT2D eigenvalue weighted by molar-refractivity contribution is 5.80. The van der Waals surface area contributed by atoms with Crippen LogP contribution in [0.4, 0.5) is 0 Å². The molecule has 0 bridgehead atoms. The number of rotatable bonds is 13. The van der Waals surface area contributed by atoms with Crippen LogP contribution in [-0.2, 0) is 18.9 Å². The summed E-state index contributed by atoms with van der Waals surface area (Å²) in [4.78, 5) is 7.07. The zero-order valence-electron chi connectivity index (χ0n) is 16.3. The zero-order valence-corrected chi connectivity index (χ0v) is 16.3. The van der Waals surface area contributed by atoms with Gasteiger partial charge in [-0.1, -0.05) is 0 Å². The lowest BCUT2D eigenvalue weighted by molar-refractivity contribution is 0.00990. The molecule has 7 heteroatoms. The fourth-order valence-electron chi connectivity index (χ4n) is 2.71. The first-order valence-electron chi connectivity index (χ1n) is 9.52. The maximum Gasteiger partial charge on any atom is 0.193 e. The van der Waals surface area contributed by atoms with E-state index in [1.165, 1.54) is 0 Å². The molecule has 25 heavy (non-hydrogen) atoms. The second-order valence-corrected chi connectivity index (χ2v) is 6.10. The number of nitrogens with zero attached hydrogens (tertiary/aromatic N) is 2. The molecular weight excluding hydrogens is 322 g/mol. The van der Waals surface area contributed by atoms with E-state index >= 15 is 0 Å². The molecule has 1 rings (SSSR count). The summed E-state index contributed by atoms with van der Waals surface area (Å²) in [5.74, 6) is 1.01. The molecule has 0 radical (unpaired) electrons. The van der Waals surface area contributed by atoms with E-state index in [0.29, 0.717) is 19.3 Å². The Morgan fingerprint density at radius 1 is 1.00 bits per heavy atom. The Morgan fingerprint density at radius 3 is 2.44 bits per heavy atom. The van der Waals surface area contributed by atoms with E-state index in [-0.39, 0.29) is 0 Å². The smallest absolute Gasteiger partial charge is 0.193 e. The summed E-state index contributed by atoms with van der Waals surface area (Å²) in [7, 11) is 3.41. The van der Waals surface area contributed by atoms with Crippen LogP contribution in [0.1, 0.15) is 32.6 Å². The average Bonchev–Trinajstić information content (AvgIpc) is 2.64. The first-order valence-corrected chi connectivity index (χ1v) is 9.52. The predicted molar refractivity (Wildman–Crippen MR) is 100 cm³/mol. The van der Waals surface area contributed by atoms with Gasteiger partial charge in [0.25, 0.3) is 0 Å². The van der Waals surface area contributed by atoms with E-state index in [1.807, 2.05) is 0 Å². The number of ether oxygens (including phenoxy) is 4. The Labute approximate surface area is 153 Å². The number of hydrogen-bond acceptors (Lipinski definition) is 5. The number of likely N-dealkylation sites (tertiary alicyclic amines) is 1. The van der Waals surface area contributed by atoms with Crippen LogP contribution in [0, 0.1) is 0 Å². The van der Waals surface area contributed by atoms with Crippen LogP contribution < -0.4 is 5.32 Å². The number of methoxy groups -OCH3 is 2. The van der Waals surface area contributed by atoms with Gasteiger partial charge in [0.15, 0.2) is 5.96 Å². The third-order valence-corrected chi connectivity index (χ3v) is 4.06. The molecule has 0 spiro atoms. The number of guanidine groups is 1. The van der Waals surface area contributed by atoms with Gasteiger partial charge in [-0.25, -0.2) is 0 Å². The highest BCUT2D eigenvalue weighted by Gasteiger charge is 2.21. The highest BCUT2D eigenvalue weighted by atomic mass is 16.5. The second-order valence-electron chi connectivity index (χ2n) is 6.10. The monoisotopic (exact) mass is 359 g/mol. The van der Waals surface area contributed by atoms with Crippen molar-refractivity contribution >= 4 is 5.96 Å². The molecule has 1 N–H and O–H groups in total. The minimum atomic E-state index is 0.366. The molecule has 0 aromatic heterocycles. The van der Waals surface area contributed by atoms with Gasteiger partial charge in [-0.15, -0.1) is 0 Å². The van der Waals surface area contributed by atoms with Crippen molar-refractivity contribution in [2.45, 2.75) is 38.7 Å². The fourth-order valence-corrected chi connectivity index (χ4v) is 2.71. The number of nitrogens with one attached hydrogen (secondary N) is 1. The lowest BCUT2D eigenvalue weighted by atomic mass is 10.1. The summed E-state index contributed by atoms with van der Waals surface area (Å²) in [5, 5.41) is 3.40. The summed E-state index contributed by atoms with van der Waals surface area (Å²) >= 11 is 0. The largest absolute Gasteiger partial charge is 0.385 e. The normalized spacial score (nSPS) is 16.4. The van der Waals surface area contributed by atoms with Crippen molar-refractivity contribution in [3.63, 3.8) is 0 Å². The lowest BCUT2D eigenvalue weighted by Gasteiger charge is -2.34. The first-order chi connectivity index (χ1) is 12.3. The molecule has 1 aliphatic rings. The van der Waals surface area contributed by atoms with Crippen molar-refractivity contribution in [1.82, 2.24) is 10.2 Å².